The zero-order chi connectivity index (χ0) is 12.5. The summed E-state index contributed by atoms with van der Waals surface area (Å²) in [5, 5.41) is 3.28. The summed E-state index contributed by atoms with van der Waals surface area (Å²) in [7, 11) is 1.98. The maximum Gasteiger partial charge on any atom is 0.134 e. The summed E-state index contributed by atoms with van der Waals surface area (Å²) in [5.74, 6) is 3.63. The Morgan fingerprint density at radius 2 is 1.94 bits per heavy atom. The van der Waals surface area contributed by atoms with E-state index in [1.807, 2.05) is 7.05 Å². The molecule has 98 valence electrons. The van der Waals surface area contributed by atoms with Crippen molar-refractivity contribution in [3.63, 3.8) is 0 Å². The number of nitrogens with zero attached hydrogens (tertiary/aromatic N) is 2. The molecule has 0 bridgehead atoms. The molecule has 3 nitrogen and oxygen atoms in total. The van der Waals surface area contributed by atoms with Gasteiger partial charge in [0.05, 0.1) is 0 Å². The van der Waals surface area contributed by atoms with Crippen LogP contribution in [0, 0.1) is 5.92 Å². The molecule has 0 aromatic carbocycles. The molecule has 1 aromatic heterocycles. The fourth-order valence-corrected chi connectivity index (χ4v) is 3.44. The van der Waals surface area contributed by atoms with Crippen molar-refractivity contribution in [2.45, 2.75) is 57.8 Å². The number of anilines is 1. The fraction of sp³-hybridized carbons (Fsp3) is 0.733. The van der Waals surface area contributed by atoms with Crippen LogP contribution in [0.2, 0.25) is 0 Å². The molecule has 0 saturated heterocycles. The first kappa shape index (κ1) is 11.9. The van der Waals surface area contributed by atoms with Crippen LogP contribution in [0.1, 0.15) is 62.0 Å². The van der Waals surface area contributed by atoms with Crippen molar-refractivity contribution in [1.29, 1.82) is 0 Å². The van der Waals surface area contributed by atoms with E-state index >= 15 is 0 Å². The number of aromatic nitrogens is 2. The third-order valence-corrected chi connectivity index (χ3v) is 4.50. The molecule has 2 aliphatic rings. The SMILES string of the molecule is CNc1nc(C2CCC(C)C2)nc2c1CCCC2. The Bertz CT molecular complexity index is 424. The van der Waals surface area contributed by atoms with E-state index in [2.05, 4.69) is 12.2 Å². The van der Waals surface area contributed by atoms with Crippen molar-refractivity contribution in [2.75, 3.05) is 12.4 Å². The molecule has 1 heterocycles. The first-order valence-electron chi connectivity index (χ1n) is 7.35. The van der Waals surface area contributed by atoms with Crippen molar-refractivity contribution in [1.82, 2.24) is 9.97 Å². The maximum atomic E-state index is 4.89. The Balaban J connectivity index is 1.95. The Morgan fingerprint density at radius 1 is 1.11 bits per heavy atom. The monoisotopic (exact) mass is 245 g/mol. The number of aryl methyl sites for hydroxylation is 1. The third kappa shape index (κ3) is 2.11. The normalized spacial score (nSPS) is 27.0. The van der Waals surface area contributed by atoms with Gasteiger partial charge in [-0.2, -0.15) is 0 Å². The number of hydrogen-bond donors (Lipinski definition) is 1. The van der Waals surface area contributed by atoms with Gasteiger partial charge in [0.1, 0.15) is 11.6 Å². The summed E-state index contributed by atoms with van der Waals surface area (Å²) in [6.07, 6.45) is 8.72. The van der Waals surface area contributed by atoms with E-state index in [1.54, 1.807) is 0 Å². The Labute approximate surface area is 109 Å². The molecule has 3 rings (SSSR count). The largest absolute Gasteiger partial charge is 0.373 e. The van der Waals surface area contributed by atoms with Crippen LogP contribution in [0.3, 0.4) is 0 Å². The lowest BCUT2D eigenvalue weighted by molar-refractivity contribution is 0.578. The maximum absolute atomic E-state index is 4.89. The average Bonchev–Trinajstić information content (AvgIpc) is 2.84. The Kier molecular flexibility index (Phi) is 3.23. The van der Waals surface area contributed by atoms with Gasteiger partial charge in [-0.25, -0.2) is 9.97 Å². The summed E-state index contributed by atoms with van der Waals surface area (Å²) in [4.78, 5) is 9.69. The zero-order valence-electron chi connectivity index (χ0n) is 11.5. The minimum absolute atomic E-state index is 0.597. The molecule has 0 radical (unpaired) electrons. The Hall–Kier alpha value is -1.12. The first-order valence-corrected chi connectivity index (χ1v) is 7.35. The van der Waals surface area contributed by atoms with Gasteiger partial charge in [0.15, 0.2) is 0 Å². The van der Waals surface area contributed by atoms with Crippen LogP contribution < -0.4 is 5.32 Å². The quantitative estimate of drug-likeness (QED) is 0.868. The first-order chi connectivity index (χ1) is 8.78. The van der Waals surface area contributed by atoms with Crippen LogP contribution in [-0.4, -0.2) is 17.0 Å². The molecule has 0 aliphatic heterocycles. The van der Waals surface area contributed by atoms with E-state index in [4.69, 9.17) is 9.97 Å². The summed E-state index contributed by atoms with van der Waals surface area (Å²) in [6.45, 7) is 2.34. The highest BCUT2D eigenvalue weighted by atomic mass is 15.0. The van der Waals surface area contributed by atoms with E-state index in [0.717, 1.165) is 30.4 Å². The predicted octanol–water partition coefficient (Wildman–Crippen LogP) is 3.30. The smallest absolute Gasteiger partial charge is 0.134 e. The van der Waals surface area contributed by atoms with Crippen molar-refractivity contribution in [2.24, 2.45) is 5.92 Å². The van der Waals surface area contributed by atoms with Crippen molar-refractivity contribution in [3.05, 3.63) is 17.1 Å². The minimum atomic E-state index is 0.597. The lowest BCUT2D eigenvalue weighted by Crippen LogP contribution is -2.14. The molecule has 3 heteroatoms. The molecule has 0 spiro atoms. The van der Waals surface area contributed by atoms with Gasteiger partial charge in [-0.15, -0.1) is 0 Å². The number of hydrogen-bond acceptors (Lipinski definition) is 3. The Morgan fingerprint density at radius 3 is 2.67 bits per heavy atom. The summed E-state index contributed by atoms with van der Waals surface area (Å²) >= 11 is 0. The molecule has 2 atom stereocenters. The van der Waals surface area contributed by atoms with Gasteiger partial charge >= 0.3 is 0 Å². The predicted molar refractivity (Wildman–Crippen MR) is 74.0 cm³/mol. The number of nitrogens with one attached hydrogen (secondary N) is 1. The highest BCUT2D eigenvalue weighted by Gasteiger charge is 2.27. The second-order valence-electron chi connectivity index (χ2n) is 5.93. The van der Waals surface area contributed by atoms with Gasteiger partial charge in [-0.05, 0) is 50.9 Å². The third-order valence-electron chi connectivity index (χ3n) is 4.50. The van der Waals surface area contributed by atoms with Gasteiger partial charge in [0.25, 0.3) is 0 Å². The zero-order valence-corrected chi connectivity index (χ0v) is 11.5. The van der Waals surface area contributed by atoms with Crippen LogP contribution in [0.4, 0.5) is 5.82 Å². The van der Waals surface area contributed by atoms with Gasteiger partial charge in [0, 0.05) is 24.2 Å². The van der Waals surface area contributed by atoms with E-state index < -0.39 is 0 Å². The standard InChI is InChI=1S/C15H23N3/c1-10-7-8-11(9-10)14-17-13-6-4-3-5-12(13)15(16-2)18-14/h10-11H,3-9H2,1-2H3,(H,16,17,18). The molecule has 1 aromatic rings. The molecule has 1 fully saturated rings. The van der Waals surface area contributed by atoms with Crippen molar-refractivity contribution < 1.29 is 0 Å². The molecule has 1 N–H and O–H groups in total. The molecule has 2 unspecified atom stereocenters. The van der Waals surface area contributed by atoms with E-state index in [9.17, 15) is 0 Å². The lowest BCUT2D eigenvalue weighted by Gasteiger charge is -2.20. The van der Waals surface area contributed by atoms with Gasteiger partial charge in [0.2, 0.25) is 0 Å². The van der Waals surface area contributed by atoms with Crippen LogP contribution in [0.15, 0.2) is 0 Å². The highest BCUT2D eigenvalue weighted by molar-refractivity contribution is 5.47. The second-order valence-corrected chi connectivity index (χ2v) is 5.93. The average molecular weight is 245 g/mol. The highest BCUT2D eigenvalue weighted by Crippen LogP contribution is 2.37. The molecular weight excluding hydrogens is 222 g/mol. The van der Waals surface area contributed by atoms with Crippen molar-refractivity contribution in [3.8, 4) is 0 Å². The molecule has 1 saturated carbocycles. The van der Waals surface area contributed by atoms with Gasteiger partial charge in [-0.1, -0.05) is 6.92 Å². The lowest BCUT2D eigenvalue weighted by atomic mass is 9.95. The topological polar surface area (TPSA) is 37.8 Å². The summed E-state index contributed by atoms with van der Waals surface area (Å²) < 4.78 is 0. The van der Waals surface area contributed by atoms with Crippen molar-refractivity contribution >= 4 is 5.82 Å². The van der Waals surface area contributed by atoms with Crippen LogP contribution in [-0.2, 0) is 12.8 Å². The van der Waals surface area contributed by atoms with Crippen LogP contribution in [0.5, 0.6) is 0 Å². The number of rotatable bonds is 2. The summed E-state index contributed by atoms with van der Waals surface area (Å²) in [6, 6.07) is 0. The molecule has 0 amide bonds. The van der Waals surface area contributed by atoms with Gasteiger partial charge < -0.3 is 5.32 Å². The second kappa shape index (κ2) is 4.87. The summed E-state index contributed by atoms with van der Waals surface area (Å²) in [5.41, 5.74) is 2.69. The minimum Gasteiger partial charge on any atom is -0.373 e. The van der Waals surface area contributed by atoms with E-state index in [1.165, 1.54) is 43.4 Å². The molecule has 18 heavy (non-hydrogen) atoms. The van der Waals surface area contributed by atoms with Crippen LogP contribution in [0.25, 0.3) is 0 Å². The van der Waals surface area contributed by atoms with E-state index in [0.29, 0.717) is 5.92 Å². The van der Waals surface area contributed by atoms with E-state index in [-0.39, 0.29) is 0 Å². The van der Waals surface area contributed by atoms with Gasteiger partial charge in [-0.3, -0.25) is 0 Å². The molecule has 2 aliphatic carbocycles. The number of fused-ring (bicyclic) bond motifs is 1. The molecular formula is C15H23N3. The fourth-order valence-electron chi connectivity index (χ4n) is 3.44. The van der Waals surface area contributed by atoms with Crippen LogP contribution >= 0.6 is 0 Å².